The Kier molecular flexibility index (Phi) is 5.71. The van der Waals surface area contributed by atoms with Gasteiger partial charge in [-0.1, -0.05) is 30.3 Å². The molecule has 0 radical (unpaired) electrons. The van der Waals surface area contributed by atoms with Gasteiger partial charge in [0.2, 0.25) is 0 Å². The van der Waals surface area contributed by atoms with Crippen LogP contribution in [0.1, 0.15) is 25.5 Å². The van der Waals surface area contributed by atoms with Crippen LogP contribution in [0.15, 0.2) is 71.5 Å². The summed E-state index contributed by atoms with van der Waals surface area (Å²) in [6.07, 6.45) is 9.01. The molecule has 1 aromatic carbocycles. The molecule has 1 unspecified atom stereocenters. The maximum absolute atomic E-state index is 6.44. The largest absolute Gasteiger partial charge is 0.452 e. The molecular formula is C28H28N6O3. The van der Waals surface area contributed by atoms with Crippen molar-refractivity contribution in [2.75, 3.05) is 37.8 Å². The van der Waals surface area contributed by atoms with Gasteiger partial charge in [-0.15, -0.1) is 0 Å². The lowest BCUT2D eigenvalue weighted by molar-refractivity contribution is -0.0394. The summed E-state index contributed by atoms with van der Waals surface area (Å²) in [7, 11) is 0. The van der Waals surface area contributed by atoms with Crippen molar-refractivity contribution in [2.24, 2.45) is 0 Å². The maximum Gasteiger partial charge on any atom is 0.176 e. The molecule has 9 nitrogen and oxygen atoms in total. The first kappa shape index (κ1) is 22.3. The monoisotopic (exact) mass is 496 g/mol. The number of hydrogen-bond acceptors (Lipinski definition) is 7. The highest BCUT2D eigenvalue weighted by molar-refractivity contribution is 5.91. The predicted molar refractivity (Wildman–Crippen MR) is 140 cm³/mol. The Bertz CT molecular complexity index is 1510. The smallest absolute Gasteiger partial charge is 0.176 e. The summed E-state index contributed by atoms with van der Waals surface area (Å²) in [5.74, 6) is 1.48. The third-order valence-electron chi connectivity index (χ3n) is 7.03. The van der Waals surface area contributed by atoms with Gasteiger partial charge in [-0.3, -0.25) is 0 Å². The molecule has 37 heavy (non-hydrogen) atoms. The van der Waals surface area contributed by atoms with Crippen LogP contribution in [0, 0.1) is 0 Å². The van der Waals surface area contributed by atoms with Crippen LogP contribution in [0.3, 0.4) is 0 Å². The van der Waals surface area contributed by atoms with Crippen LogP contribution in [0.4, 0.5) is 5.69 Å². The Hall–Kier alpha value is -3.95. The van der Waals surface area contributed by atoms with Crippen LogP contribution >= 0.6 is 0 Å². The molecule has 2 saturated heterocycles. The Morgan fingerprint density at radius 2 is 1.81 bits per heavy atom. The van der Waals surface area contributed by atoms with Crippen molar-refractivity contribution in [3.05, 3.63) is 67.1 Å². The van der Waals surface area contributed by atoms with Gasteiger partial charge in [-0.05, 0) is 25.3 Å². The van der Waals surface area contributed by atoms with Crippen molar-refractivity contribution in [3.63, 3.8) is 0 Å². The zero-order chi connectivity index (χ0) is 24.6. The number of nitrogens with zero attached hydrogens (tertiary/aromatic N) is 6. The summed E-state index contributed by atoms with van der Waals surface area (Å²) in [5.41, 5.74) is 5.42. The highest BCUT2D eigenvalue weighted by Gasteiger charge is 2.22. The van der Waals surface area contributed by atoms with Crippen LogP contribution in [0.2, 0.25) is 0 Å². The summed E-state index contributed by atoms with van der Waals surface area (Å²) in [6.45, 7) is 3.72. The second kappa shape index (κ2) is 9.49. The van der Waals surface area contributed by atoms with E-state index in [1.54, 1.807) is 0 Å². The minimum atomic E-state index is -0.0147. The van der Waals surface area contributed by atoms with E-state index in [1.165, 1.54) is 0 Å². The highest BCUT2D eigenvalue weighted by Crippen LogP contribution is 2.35. The third-order valence-corrected chi connectivity index (χ3v) is 7.03. The van der Waals surface area contributed by atoms with E-state index in [-0.39, 0.29) is 6.23 Å². The highest BCUT2D eigenvalue weighted by atomic mass is 16.5. The van der Waals surface area contributed by atoms with E-state index in [9.17, 15) is 0 Å². The van der Waals surface area contributed by atoms with Crippen LogP contribution in [0.25, 0.3) is 39.5 Å². The van der Waals surface area contributed by atoms with E-state index in [0.29, 0.717) is 13.2 Å². The molecule has 0 saturated carbocycles. The first-order valence-electron chi connectivity index (χ1n) is 12.9. The molecule has 188 valence electrons. The number of fused-ring (bicyclic) bond motifs is 1. The average molecular weight is 497 g/mol. The molecule has 0 bridgehead atoms. The lowest BCUT2D eigenvalue weighted by Gasteiger charge is -2.28. The van der Waals surface area contributed by atoms with Crippen molar-refractivity contribution in [1.82, 2.24) is 24.5 Å². The van der Waals surface area contributed by atoms with Crippen molar-refractivity contribution < 1.29 is 13.9 Å². The van der Waals surface area contributed by atoms with Gasteiger partial charge >= 0.3 is 0 Å². The molecule has 6 heterocycles. The Labute approximate surface area is 214 Å². The fraction of sp³-hybridized carbons (Fsp3) is 0.321. The number of furan rings is 1. The lowest BCUT2D eigenvalue weighted by atomic mass is 10.2. The van der Waals surface area contributed by atoms with Crippen molar-refractivity contribution in [3.8, 4) is 28.4 Å². The van der Waals surface area contributed by atoms with E-state index in [0.717, 1.165) is 84.1 Å². The molecule has 0 N–H and O–H groups in total. The van der Waals surface area contributed by atoms with Gasteiger partial charge in [0.1, 0.15) is 17.5 Å². The van der Waals surface area contributed by atoms with Crippen molar-refractivity contribution >= 4 is 16.8 Å². The van der Waals surface area contributed by atoms with E-state index >= 15 is 0 Å². The quantitative estimate of drug-likeness (QED) is 0.336. The third kappa shape index (κ3) is 4.30. The number of aromatic nitrogens is 5. The van der Waals surface area contributed by atoms with Gasteiger partial charge in [-0.2, -0.15) is 10.2 Å². The molecule has 5 aromatic rings. The number of pyridine rings is 1. The summed E-state index contributed by atoms with van der Waals surface area (Å²) >= 11 is 0. The molecule has 2 fully saturated rings. The second-order valence-electron chi connectivity index (χ2n) is 9.47. The molecule has 4 aromatic heterocycles. The fourth-order valence-corrected chi connectivity index (χ4v) is 5.06. The normalized spacial score (nSPS) is 18.5. The molecule has 0 spiro atoms. The molecule has 2 aliphatic heterocycles. The van der Waals surface area contributed by atoms with E-state index < -0.39 is 0 Å². The van der Waals surface area contributed by atoms with Crippen LogP contribution in [0.5, 0.6) is 0 Å². The van der Waals surface area contributed by atoms with E-state index in [1.807, 2.05) is 58.3 Å². The average Bonchev–Trinajstić information content (AvgIpc) is 3.73. The first-order chi connectivity index (χ1) is 18.3. The Morgan fingerprint density at radius 3 is 2.65 bits per heavy atom. The first-order valence-corrected chi connectivity index (χ1v) is 12.9. The number of hydrogen-bond donors (Lipinski definition) is 0. The fourth-order valence-electron chi connectivity index (χ4n) is 5.06. The van der Waals surface area contributed by atoms with Gasteiger partial charge < -0.3 is 18.8 Å². The number of anilines is 1. The number of morpholine rings is 1. The van der Waals surface area contributed by atoms with Crippen molar-refractivity contribution in [2.45, 2.75) is 25.5 Å². The maximum atomic E-state index is 6.44. The van der Waals surface area contributed by atoms with Crippen LogP contribution < -0.4 is 4.90 Å². The predicted octanol–water partition coefficient (Wildman–Crippen LogP) is 5.08. The van der Waals surface area contributed by atoms with Gasteiger partial charge in [0.05, 0.1) is 36.4 Å². The summed E-state index contributed by atoms with van der Waals surface area (Å²) in [6, 6.07) is 16.2. The zero-order valence-electron chi connectivity index (χ0n) is 20.5. The summed E-state index contributed by atoms with van der Waals surface area (Å²) in [5, 5.41) is 9.38. The van der Waals surface area contributed by atoms with Gasteiger partial charge in [0.15, 0.2) is 11.4 Å². The molecule has 0 amide bonds. The Balaban J connectivity index is 1.28. The van der Waals surface area contributed by atoms with Crippen LogP contribution in [-0.2, 0) is 9.47 Å². The minimum absolute atomic E-state index is 0.0147. The second-order valence-corrected chi connectivity index (χ2v) is 9.47. The molecular weight excluding hydrogens is 468 g/mol. The molecule has 2 aliphatic rings. The SMILES string of the molecule is c1ccc(-c2ccn(-c3cc(N4CCOCC4)c4oc(-c5cnn(C6CCCCO6)c5)cc4n3)n2)cc1. The van der Waals surface area contributed by atoms with Crippen LogP contribution in [-0.4, -0.2) is 57.5 Å². The molecule has 1 atom stereocenters. The van der Waals surface area contributed by atoms with E-state index in [2.05, 4.69) is 28.2 Å². The van der Waals surface area contributed by atoms with Gasteiger partial charge in [0, 0.05) is 49.8 Å². The summed E-state index contributed by atoms with van der Waals surface area (Å²) < 4.78 is 21.7. The molecule has 9 heteroatoms. The minimum Gasteiger partial charge on any atom is -0.452 e. The van der Waals surface area contributed by atoms with E-state index in [4.69, 9.17) is 24.0 Å². The molecule has 7 rings (SSSR count). The lowest BCUT2D eigenvalue weighted by Crippen LogP contribution is -2.36. The zero-order valence-corrected chi connectivity index (χ0v) is 20.5. The van der Waals surface area contributed by atoms with Crippen molar-refractivity contribution in [1.29, 1.82) is 0 Å². The van der Waals surface area contributed by atoms with Gasteiger partial charge in [-0.25, -0.2) is 14.3 Å². The summed E-state index contributed by atoms with van der Waals surface area (Å²) in [4.78, 5) is 7.24. The van der Waals surface area contributed by atoms with Gasteiger partial charge in [0.25, 0.3) is 0 Å². The number of ether oxygens (including phenoxy) is 2. The number of benzene rings is 1. The standard InChI is InChI=1S/C28H28N6O3/c1-2-6-20(7-3-1)22-9-10-33(31-22)26-17-24(32-11-14-35-15-12-32)28-23(30-26)16-25(37-28)21-18-29-34(19-21)27-8-4-5-13-36-27/h1-3,6-7,9-10,16-19,27H,4-5,8,11-15H2. The molecule has 0 aliphatic carbocycles. The Morgan fingerprint density at radius 1 is 0.919 bits per heavy atom. The number of rotatable bonds is 5. The topological polar surface area (TPSA) is 83.4 Å².